The summed E-state index contributed by atoms with van der Waals surface area (Å²) in [5.41, 5.74) is 6.34. The van der Waals surface area contributed by atoms with Crippen LogP contribution in [-0.4, -0.2) is 34.3 Å². The number of anilines is 1. The molecule has 0 bridgehead atoms. The first-order valence-electron chi connectivity index (χ1n) is 6.35. The van der Waals surface area contributed by atoms with Gasteiger partial charge in [0.15, 0.2) is 0 Å². The van der Waals surface area contributed by atoms with Crippen LogP contribution in [0.25, 0.3) is 0 Å². The second kappa shape index (κ2) is 6.11. The molecule has 1 saturated carbocycles. The highest BCUT2D eigenvalue weighted by atomic mass is 32.1. The Labute approximate surface area is 113 Å². The normalized spacial score (nSPS) is 15.8. The molecule has 4 nitrogen and oxygen atoms in total. The van der Waals surface area contributed by atoms with Gasteiger partial charge >= 0.3 is 0 Å². The Hall–Kier alpha value is -1.20. The fraction of sp³-hybridized carbons (Fsp3) is 0.538. The van der Waals surface area contributed by atoms with Crippen molar-refractivity contribution in [3.05, 3.63) is 23.9 Å². The Morgan fingerprint density at radius 1 is 1.44 bits per heavy atom. The lowest BCUT2D eigenvalue weighted by molar-refractivity contribution is 0.297. The maximum atomic E-state index is 9.19. The Morgan fingerprint density at radius 2 is 2.17 bits per heavy atom. The number of thiocarbonyl (C=S) groups is 1. The molecule has 3 N–H and O–H groups in total. The molecule has 0 atom stereocenters. The highest BCUT2D eigenvalue weighted by molar-refractivity contribution is 7.80. The van der Waals surface area contributed by atoms with Crippen molar-refractivity contribution < 1.29 is 5.11 Å². The van der Waals surface area contributed by atoms with E-state index in [-0.39, 0.29) is 6.61 Å². The standard InChI is InChI=1S/C13H19N3OS/c14-13(18)10-5-6-12(15-9-10)16(7-8-17)11-3-1-2-4-11/h5-6,9,11,17H,1-4,7-8H2,(H2,14,18). The summed E-state index contributed by atoms with van der Waals surface area (Å²) in [4.78, 5) is 6.97. The van der Waals surface area contributed by atoms with Gasteiger partial charge < -0.3 is 15.7 Å². The van der Waals surface area contributed by atoms with Gasteiger partial charge in [0.25, 0.3) is 0 Å². The van der Waals surface area contributed by atoms with Crippen LogP contribution in [-0.2, 0) is 0 Å². The Morgan fingerprint density at radius 3 is 2.67 bits per heavy atom. The maximum absolute atomic E-state index is 9.19. The van der Waals surface area contributed by atoms with E-state index in [1.54, 1.807) is 6.20 Å². The van der Waals surface area contributed by atoms with Crippen LogP contribution in [0.3, 0.4) is 0 Å². The third-order valence-corrected chi connectivity index (χ3v) is 3.67. The molecule has 0 amide bonds. The molecule has 1 aromatic rings. The third-order valence-electron chi connectivity index (χ3n) is 3.43. The van der Waals surface area contributed by atoms with E-state index in [0.717, 1.165) is 11.4 Å². The van der Waals surface area contributed by atoms with E-state index in [1.165, 1.54) is 25.7 Å². The minimum Gasteiger partial charge on any atom is -0.395 e. The van der Waals surface area contributed by atoms with Crippen LogP contribution in [0.4, 0.5) is 5.82 Å². The summed E-state index contributed by atoms with van der Waals surface area (Å²) in [6, 6.07) is 4.33. The van der Waals surface area contributed by atoms with E-state index in [1.807, 2.05) is 12.1 Å². The molecule has 1 fully saturated rings. The number of aliphatic hydroxyl groups is 1. The molecular formula is C13H19N3OS. The zero-order chi connectivity index (χ0) is 13.0. The van der Waals surface area contributed by atoms with Gasteiger partial charge in [0, 0.05) is 24.3 Å². The molecule has 1 heterocycles. The van der Waals surface area contributed by atoms with Gasteiger partial charge in [-0.1, -0.05) is 25.1 Å². The number of rotatable bonds is 5. The Balaban J connectivity index is 2.16. The first-order valence-corrected chi connectivity index (χ1v) is 6.76. The molecule has 0 aromatic carbocycles. The molecule has 1 aromatic heterocycles. The second-order valence-corrected chi connectivity index (χ2v) is 5.06. The smallest absolute Gasteiger partial charge is 0.128 e. The van der Waals surface area contributed by atoms with E-state index in [4.69, 9.17) is 18.0 Å². The number of aliphatic hydroxyl groups excluding tert-OH is 1. The van der Waals surface area contributed by atoms with Crippen LogP contribution in [0.15, 0.2) is 18.3 Å². The summed E-state index contributed by atoms with van der Waals surface area (Å²) in [5.74, 6) is 0.899. The highest BCUT2D eigenvalue weighted by Crippen LogP contribution is 2.26. The molecule has 98 valence electrons. The monoisotopic (exact) mass is 265 g/mol. The van der Waals surface area contributed by atoms with Crippen LogP contribution in [0.5, 0.6) is 0 Å². The Bertz CT molecular complexity index is 401. The average Bonchev–Trinajstić information content (AvgIpc) is 2.90. The zero-order valence-corrected chi connectivity index (χ0v) is 11.2. The summed E-state index contributed by atoms with van der Waals surface area (Å²) in [7, 11) is 0. The largest absolute Gasteiger partial charge is 0.395 e. The SMILES string of the molecule is NC(=S)c1ccc(N(CCO)C2CCCC2)nc1. The molecule has 1 aliphatic rings. The van der Waals surface area contributed by atoms with Crippen LogP contribution < -0.4 is 10.6 Å². The molecule has 0 radical (unpaired) electrons. The van der Waals surface area contributed by atoms with Crippen molar-refractivity contribution >= 4 is 23.0 Å². The molecule has 2 rings (SSSR count). The Kier molecular flexibility index (Phi) is 4.49. The minimum absolute atomic E-state index is 0.148. The average molecular weight is 265 g/mol. The number of hydrogen-bond acceptors (Lipinski definition) is 4. The lowest BCUT2D eigenvalue weighted by Crippen LogP contribution is -2.36. The maximum Gasteiger partial charge on any atom is 0.128 e. The van der Waals surface area contributed by atoms with Crippen molar-refractivity contribution in [1.82, 2.24) is 4.98 Å². The summed E-state index contributed by atoms with van der Waals surface area (Å²) in [5, 5.41) is 9.19. The molecular weight excluding hydrogens is 246 g/mol. The third kappa shape index (κ3) is 2.97. The van der Waals surface area contributed by atoms with Crippen LogP contribution in [0.2, 0.25) is 0 Å². The van der Waals surface area contributed by atoms with E-state index in [2.05, 4.69) is 9.88 Å². The van der Waals surface area contributed by atoms with Gasteiger partial charge in [0.05, 0.1) is 6.61 Å². The fourth-order valence-electron chi connectivity index (χ4n) is 2.51. The molecule has 5 heteroatoms. The predicted molar refractivity (Wildman–Crippen MR) is 76.8 cm³/mol. The van der Waals surface area contributed by atoms with Gasteiger partial charge in [-0.05, 0) is 25.0 Å². The van der Waals surface area contributed by atoms with E-state index in [9.17, 15) is 5.11 Å². The van der Waals surface area contributed by atoms with Crippen molar-refractivity contribution in [3.8, 4) is 0 Å². The molecule has 0 saturated heterocycles. The second-order valence-electron chi connectivity index (χ2n) is 4.62. The lowest BCUT2D eigenvalue weighted by Gasteiger charge is -2.29. The van der Waals surface area contributed by atoms with E-state index >= 15 is 0 Å². The van der Waals surface area contributed by atoms with Gasteiger partial charge in [0.2, 0.25) is 0 Å². The van der Waals surface area contributed by atoms with Crippen molar-refractivity contribution in [2.45, 2.75) is 31.7 Å². The van der Waals surface area contributed by atoms with Gasteiger partial charge in [-0.15, -0.1) is 0 Å². The summed E-state index contributed by atoms with van der Waals surface area (Å²) in [6.45, 7) is 0.777. The predicted octanol–water partition coefficient (Wildman–Crippen LogP) is 1.46. The number of nitrogens with zero attached hydrogens (tertiary/aromatic N) is 2. The molecule has 0 unspecified atom stereocenters. The number of hydrogen-bond donors (Lipinski definition) is 2. The molecule has 0 spiro atoms. The summed E-state index contributed by atoms with van der Waals surface area (Å²) < 4.78 is 0. The number of nitrogens with two attached hydrogens (primary N) is 1. The van der Waals surface area contributed by atoms with Crippen molar-refractivity contribution in [1.29, 1.82) is 0 Å². The zero-order valence-electron chi connectivity index (χ0n) is 10.4. The minimum atomic E-state index is 0.148. The molecule has 0 aliphatic heterocycles. The lowest BCUT2D eigenvalue weighted by atomic mass is 10.2. The van der Waals surface area contributed by atoms with E-state index in [0.29, 0.717) is 17.6 Å². The van der Waals surface area contributed by atoms with Crippen LogP contribution >= 0.6 is 12.2 Å². The van der Waals surface area contributed by atoms with Gasteiger partial charge in [-0.2, -0.15) is 0 Å². The number of pyridine rings is 1. The topological polar surface area (TPSA) is 62.4 Å². The first-order chi connectivity index (χ1) is 8.72. The van der Waals surface area contributed by atoms with Crippen LogP contribution in [0.1, 0.15) is 31.2 Å². The quantitative estimate of drug-likeness (QED) is 0.789. The number of aromatic nitrogens is 1. The summed E-state index contributed by atoms with van der Waals surface area (Å²) in [6.07, 6.45) is 6.59. The van der Waals surface area contributed by atoms with Gasteiger partial charge in [-0.25, -0.2) is 4.98 Å². The van der Waals surface area contributed by atoms with Gasteiger partial charge in [-0.3, -0.25) is 0 Å². The fourth-order valence-corrected chi connectivity index (χ4v) is 2.63. The van der Waals surface area contributed by atoms with Crippen molar-refractivity contribution in [3.63, 3.8) is 0 Å². The molecule has 18 heavy (non-hydrogen) atoms. The van der Waals surface area contributed by atoms with Crippen molar-refractivity contribution in [2.75, 3.05) is 18.1 Å². The van der Waals surface area contributed by atoms with E-state index < -0.39 is 0 Å². The van der Waals surface area contributed by atoms with Crippen molar-refractivity contribution in [2.24, 2.45) is 5.73 Å². The summed E-state index contributed by atoms with van der Waals surface area (Å²) >= 11 is 4.91. The highest BCUT2D eigenvalue weighted by Gasteiger charge is 2.23. The van der Waals surface area contributed by atoms with Crippen LogP contribution in [0, 0.1) is 0 Å². The van der Waals surface area contributed by atoms with Gasteiger partial charge in [0.1, 0.15) is 10.8 Å². The first kappa shape index (κ1) is 13.2. The molecule has 1 aliphatic carbocycles.